The van der Waals surface area contributed by atoms with Gasteiger partial charge in [-0.1, -0.05) is 6.42 Å². The van der Waals surface area contributed by atoms with E-state index in [0.29, 0.717) is 12.5 Å². The molecule has 1 N–H and O–H groups in total. The number of hydrogen-bond donors (Lipinski definition) is 1. The highest BCUT2D eigenvalue weighted by Crippen LogP contribution is 2.10. The minimum atomic E-state index is -0.673. The zero-order chi connectivity index (χ0) is 12.0. The van der Waals surface area contributed by atoms with E-state index in [9.17, 15) is 4.79 Å². The van der Waals surface area contributed by atoms with Crippen LogP contribution in [0, 0.1) is 0 Å². The van der Waals surface area contributed by atoms with Gasteiger partial charge in [0.25, 0.3) is 0 Å². The number of likely N-dealkylation sites (N-methyl/N-ethyl adjacent to an activating group) is 1. The Hall–Kier alpha value is -0.610. The zero-order valence-electron chi connectivity index (χ0n) is 10.5. The molecule has 1 rings (SSSR count). The molecule has 0 radical (unpaired) electrons. The quantitative estimate of drug-likeness (QED) is 0.695. The van der Waals surface area contributed by atoms with Crippen molar-refractivity contribution in [2.75, 3.05) is 33.2 Å². The highest BCUT2D eigenvalue weighted by Gasteiger charge is 2.20. The summed E-state index contributed by atoms with van der Waals surface area (Å²) in [5.41, 5.74) is 0. The van der Waals surface area contributed by atoms with Gasteiger partial charge in [-0.2, -0.15) is 0 Å². The van der Waals surface area contributed by atoms with Crippen LogP contribution in [0.1, 0.15) is 32.6 Å². The normalized spacial score (nSPS) is 23.5. The van der Waals surface area contributed by atoms with Crippen LogP contribution in [0.25, 0.3) is 0 Å². The van der Waals surface area contributed by atoms with E-state index in [1.807, 2.05) is 0 Å². The molecule has 1 saturated heterocycles. The molecule has 1 unspecified atom stereocenters. The van der Waals surface area contributed by atoms with E-state index >= 15 is 0 Å². The molecule has 1 atom stereocenters. The molecule has 16 heavy (non-hydrogen) atoms. The third-order valence-corrected chi connectivity index (χ3v) is 3.30. The van der Waals surface area contributed by atoms with E-state index in [2.05, 4.69) is 23.8 Å². The first kappa shape index (κ1) is 13.5. The van der Waals surface area contributed by atoms with Crippen LogP contribution in [0.5, 0.6) is 0 Å². The van der Waals surface area contributed by atoms with Crippen molar-refractivity contribution >= 4 is 5.97 Å². The minimum Gasteiger partial charge on any atom is -0.481 e. The zero-order valence-corrected chi connectivity index (χ0v) is 10.5. The van der Waals surface area contributed by atoms with Crippen LogP contribution < -0.4 is 0 Å². The fourth-order valence-corrected chi connectivity index (χ4v) is 2.28. The first-order valence-electron chi connectivity index (χ1n) is 6.24. The van der Waals surface area contributed by atoms with Gasteiger partial charge in [-0.25, -0.2) is 0 Å². The fraction of sp³-hybridized carbons (Fsp3) is 0.917. The highest BCUT2D eigenvalue weighted by atomic mass is 16.4. The van der Waals surface area contributed by atoms with Crippen molar-refractivity contribution in [3.05, 3.63) is 0 Å². The van der Waals surface area contributed by atoms with E-state index in [1.54, 1.807) is 0 Å². The van der Waals surface area contributed by atoms with Gasteiger partial charge >= 0.3 is 5.97 Å². The molecule has 1 aliphatic rings. The number of nitrogens with zero attached hydrogens (tertiary/aromatic N) is 2. The van der Waals surface area contributed by atoms with Gasteiger partial charge < -0.3 is 10.0 Å². The fourth-order valence-electron chi connectivity index (χ4n) is 2.28. The number of rotatable bonds is 6. The molecule has 0 bridgehead atoms. The molecule has 0 aromatic carbocycles. The van der Waals surface area contributed by atoms with Crippen molar-refractivity contribution in [3.63, 3.8) is 0 Å². The highest BCUT2D eigenvalue weighted by molar-refractivity contribution is 5.66. The Kier molecular flexibility index (Phi) is 5.77. The summed E-state index contributed by atoms with van der Waals surface area (Å²) in [6.07, 6.45) is 3.29. The van der Waals surface area contributed by atoms with Crippen molar-refractivity contribution in [1.82, 2.24) is 9.80 Å². The second-order valence-electron chi connectivity index (χ2n) is 4.85. The Morgan fingerprint density at radius 1 is 1.31 bits per heavy atom. The predicted octanol–water partition coefficient (Wildman–Crippen LogP) is 1.27. The number of carbonyl (C=O) groups is 1. The summed E-state index contributed by atoms with van der Waals surface area (Å²) in [4.78, 5) is 15.2. The maximum absolute atomic E-state index is 10.3. The van der Waals surface area contributed by atoms with Crippen molar-refractivity contribution in [3.8, 4) is 0 Å². The first-order valence-corrected chi connectivity index (χ1v) is 6.24. The number of unbranched alkanes of at least 4 members (excludes halogenated alkanes) is 2. The van der Waals surface area contributed by atoms with E-state index < -0.39 is 5.97 Å². The molecule has 4 nitrogen and oxygen atoms in total. The summed E-state index contributed by atoms with van der Waals surface area (Å²) < 4.78 is 0. The van der Waals surface area contributed by atoms with Gasteiger partial charge in [-0.15, -0.1) is 0 Å². The van der Waals surface area contributed by atoms with Crippen LogP contribution in [0.4, 0.5) is 0 Å². The molecule has 94 valence electrons. The summed E-state index contributed by atoms with van der Waals surface area (Å²) >= 11 is 0. The third kappa shape index (κ3) is 4.94. The molecule has 0 amide bonds. The smallest absolute Gasteiger partial charge is 0.303 e. The number of carboxylic acids is 1. The van der Waals surface area contributed by atoms with Crippen molar-refractivity contribution in [2.45, 2.75) is 38.6 Å². The lowest BCUT2D eigenvalue weighted by molar-refractivity contribution is -0.137. The first-order chi connectivity index (χ1) is 7.59. The predicted molar refractivity (Wildman–Crippen MR) is 64.6 cm³/mol. The Morgan fingerprint density at radius 2 is 2.06 bits per heavy atom. The lowest BCUT2D eigenvalue weighted by Gasteiger charge is -2.38. The lowest BCUT2D eigenvalue weighted by Crippen LogP contribution is -2.50. The monoisotopic (exact) mass is 228 g/mol. The standard InChI is InChI=1S/C12H24N2O2/c1-11-10-13(2)8-9-14(11)7-5-3-4-6-12(15)16/h11H,3-10H2,1-2H3,(H,15,16). The molecule has 0 aromatic rings. The Bertz CT molecular complexity index is 221. The van der Waals surface area contributed by atoms with Crippen LogP contribution in [0.3, 0.4) is 0 Å². The van der Waals surface area contributed by atoms with Gasteiger partial charge in [0.15, 0.2) is 0 Å². The third-order valence-electron chi connectivity index (χ3n) is 3.30. The summed E-state index contributed by atoms with van der Waals surface area (Å²) in [6, 6.07) is 0.637. The average Bonchev–Trinajstić information content (AvgIpc) is 2.20. The molecule has 4 heteroatoms. The summed E-state index contributed by atoms with van der Waals surface area (Å²) in [6.45, 7) is 6.84. The van der Waals surface area contributed by atoms with Gasteiger partial charge in [0.1, 0.15) is 0 Å². The topological polar surface area (TPSA) is 43.8 Å². The Labute approximate surface area is 98.2 Å². The van der Waals surface area contributed by atoms with Gasteiger partial charge in [0, 0.05) is 32.1 Å². The molecule has 1 heterocycles. The Balaban J connectivity index is 2.06. The lowest BCUT2D eigenvalue weighted by atomic mass is 10.1. The Morgan fingerprint density at radius 3 is 2.69 bits per heavy atom. The number of piperazine rings is 1. The molecule has 0 aromatic heterocycles. The van der Waals surface area contributed by atoms with E-state index in [-0.39, 0.29) is 0 Å². The van der Waals surface area contributed by atoms with Crippen molar-refractivity contribution in [2.24, 2.45) is 0 Å². The second kappa shape index (κ2) is 6.86. The van der Waals surface area contributed by atoms with Crippen molar-refractivity contribution < 1.29 is 9.90 Å². The summed E-state index contributed by atoms with van der Waals surface area (Å²) in [5, 5.41) is 8.52. The van der Waals surface area contributed by atoms with Crippen LogP contribution in [-0.2, 0) is 4.79 Å². The van der Waals surface area contributed by atoms with Crippen molar-refractivity contribution in [1.29, 1.82) is 0 Å². The molecule has 0 spiro atoms. The SMILES string of the molecule is CC1CN(C)CCN1CCCCCC(=O)O. The van der Waals surface area contributed by atoms with Gasteiger partial charge in [0.2, 0.25) is 0 Å². The van der Waals surface area contributed by atoms with Gasteiger partial charge in [0.05, 0.1) is 0 Å². The van der Waals surface area contributed by atoms with Gasteiger partial charge in [-0.05, 0) is 33.4 Å². The summed E-state index contributed by atoms with van der Waals surface area (Å²) in [7, 11) is 2.17. The molecular formula is C12H24N2O2. The van der Waals surface area contributed by atoms with Gasteiger partial charge in [-0.3, -0.25) is 9.69 Å². The summed E-state index contributed by atoms with van der Waals surface area (Å²) in [5.74, 6) is -0.673. The minimum absolute atomic E-state index is 0.318. The van der Waals surface area contributed by atoms with Crippen LogP contribution >= 0.6 is 0 Å². The maximum atomic E-state index is 10.3. The number of hydrogen-bond acceptors (Lipinski definition) is 3. The van der Waals surface area contributed by atoms with E-state index in [0.717, 1.165) is 45.4 Å². The second-order valence-corrected chi connectivity index (χ2v) is 4.85. The molecule has 0 aliphatic carbocycles. The largest absolute Gasteiger partial charge is 0.481 e. The average molecular weight is 228 g/mol. The number of carboxylic acid groups (broad SMARTS) is 1. The molecule has 0 saturated carbocycles. The molecule has 1 aliphatic heterocycles. The maximum Gasteiger partial charge on any atom is 0.303 e. The van der Waals surface area contributed by atoms with Crippen LogP contribution in [0.2, 0.25) is 0 Å². The van der Waals surface area contributed by atoms with E-state index in [1.165, 1.54) is 0 Å². The van der Waals surface area contributed by atoms with Crippen LogP contribution in [-0.4, -0.2) is 60.1 Å². The molecular weight excluding hydrogens is 204 g/mol. The number of aliphatic carboxylic acids is 1. The molecule has 1 fully saturated rings. The van der Waals surface area contributed by atoms with E-state index in [4.69, 9.17) is 5.11 Å². The van der Waals surface area contributed by atoms with Crippen LogP contribution in [0.15, 0.2) is 0 Å².